The second-order valence-electron chi connectivity index (χ2n) is 9.42. The molecule has 4 aromatic heterocycles. The topological polar surface area (TPSA) is 235 Å². The van der Waals surface area contributed by atoms with Crippen molar-refractivity contribution in [1.82, 2.24) is 34.1 Å². The number of anilines is 2. The summed E-state index contributed by atoms with van der Waals surface area (Å²) >= 11 is 5.55. The summed E-state index contributed by atoms with van der Waals surface area (Å²) in [5.41, 5.74) is 11.1. The Hall–Kier alpha value is -3.02. The Kier molecular flexibility index (Phi) is 6.63. The van der Waals surface area contributed by atoms with Gasteiger partial charge in [0.05, 0.1) is 42.8 Å². The van der Waals surface area contributed by atoms with Crippen LogP contribution in [0.15, 0.2) is 29.7 Å². The summed E-state index contributed by atoms with van der Waals surface area (Å²) in [6, 6.07) is 1.77. The molecule has 18 heteroatoms. The molecule has 0 amide bonds. The molecule has 8 N–H and O–H groups in total. The maximum absolute atomic E-state index is 12.2. The van der Waals surface area contributed by atoms with E-state index in [0.717, 1.165) is 0 Å². The molecule has 0 spiro atoms. The molecule has 39 heavy (non-hydrogen) atoms. The van der Waals surface area contributed by atoms with Gasteiger partial charge in [-0.25, -0.2) is 15.0 Å². The first-order chi connectivity index (χ1) is 18.7. The van der Waals surface area contributed by atoms with Crippen LogP contribution >= 0.6 is 6.49 Å². The summed E-state index contributed by atoms with van der Waals surface area (Å²) in [5.74, 6) is 0.217. The predicted molar refractivity (Wildman–Crippen MR) is 141 cm³/mol. The lowest BCUT2D eigenvalue weighted by molar-refractivity contribution is -0.0393. The Morgan fingerprint density at radius 3 is 2.82 bits per heavy atom. The molecule has 2 aliphatic heterocycles. The monoisotopic (exact) mass is 579 g/mol. The quantitative estimate of drug-likeness (QED) is 0.149. The number of aliphatic hydroxyl groups is 2. The van der Waals surface area contributed by atoms with Crippen molar-refractivity contribution < 1.29 is 29.1 Å². The van der Waals surface area contributed by atoms with E-state index in [1.807, 2.05) is 0 Å². The number of aromatic nitrogens is 7. The number of nitrogens with two attached hydrogens (primary N) is 2. The second-order valence-corrected chi connectivity index (χ2v) is 13.0. The third kappa shape index (κ3) is 4.60. The van der Waals surface area contributed by atoms with Crippen molar-refractivity contribution in [3.8, 4) is 0 Å². The molecular weight excluding hydrogens is 553 g/mol. The smallest absolute Gasteiger partial charge is 0.280 e. The van der Waals surface area contributed by atoms with Crippen molar-refractivity contribution in [2.45, 2.75) is 49.3 Å². The number of imidazole rings is 1. The number of aliphatic hydroxyl groups excluding tert-OH is 2. The highest BCUT2D eigenvalue weighted by Gasteiger charge is 2.47. The van der Waals surface area contributed by atoms with E-state index in [0.29, 0.717) is 16.9 Å². The van der Waals surface area contributed by atoms with Crippen LogP contribution in [0.4, 0.5) is 11.8 Å². The SMILES string of the molecule is Nc1nc2c(ncn2[C@@H]2O[C@H](CO)C[C@H]2P(O)(=S)OCC2O[C@@H](n3ccc4c(N)ncnc43)C[C@@H]2O)c(=O)[nH]1. The summed E-state index contributed by atoms with van der Waals surface area (Å²) < 4.78 is 21.0. The lowest BCUT2D eigenvalue weighted by Gasteiger charge is -2.28. The van der Waals surface area contributed by atoms with E-state index in [2.05, 4.69) is 24.9 Å². The van der Waals surface area contributed by atoms with Crippen LogP contribution in [0.1, 0.15) is 25.3 Å². The van der Waals surface area contributed by atoms with E-state index in [-0.39, 0.29) is 43.2 Å². The van der Waals surface area contributed by atoms with Crippen LogP contribution in [0.3, 0.4) is 0 Å². The van der Waals surface area contributed by atoms with Crippen molar-refractivity contribution >= 4 is 52.3 Å². The minimum Gasteiger partial charge on any atom is -0.394 e. The van der Waals surface area contributed by atoms with E-state index in [1.54, 1.807) is 16.8 Å². The Morgan fingerprint density at radius 1 is 1.21 bits per heavy atom. The Bertz CT molecular complexity index is 1640. The molecule has 0 aliphatic carbocycles. The fraction of sp³-hybridized carbons (Fsp3) is 0.476. The molecule has 2 fully saturated rings. The van der Waals surface area contributed by atoms with Gasteiger partial charge in [0.25, 0.3) is 5.56 Å². The van der Waals surface area contributed by atoms with Crippen LogP contribution in [0, 0.1) is 0 Å². The predicted octanol–water partition coefficient (Wildman–Crippen LogP) is -0.656. The van der Waals surface area contributed by atoms with Gasteiger partial charge in [0.1, 0.15) is 36.4 Å². The number of hydrogen-bond donors (Lipinski definition) is 6. The summed E-state index contributed by atoms with van der Waals surface area (Å²) in [6.45, 7) is -4.14. The fourth-order valence-electron chi connectivity index (χ4n) is 5.06. The van der Waals surface area contributed by atoms with Crippen molar-refractivity contribution in [2.24, 2.45) is 0 Å². The van der Waals surface area contributed by atoms with Gasteiger partial charge in [-0.15, -0.1) is 0 Å². The highest BCUT2D eigenvalue weighted by atomic mass is 32.5. The molecule has 6 rings (SSSR count). The second kappa shape index (κ2) is 9.87. The number of rotatable bonds is 7. The molecule has 16 nitrogen and oxygen atoms in total. The maximum atomic E-state index is 12.2. The van der Waals surface area contributed by atoms with Gasteiger partial charge < -0.3 is 45.1 Å². The number of nitrogens with zero attached hydrogens (tertiary/aromatic N) is 6. The minimum atomic E-state index is -3.63. The van der Waals surface area contributed by atoms with Gasteiger partial charge in [-0.2, -0.15) is 4.98 Å². The van der Waals surface area contributed by atoms with Gasteiger partial charge in [0.15, 0.2) is 17.7 Å². The van der Waals surface area contributed by atoms with Gasteiger partial charge in [-0.1, -0.05) is 0 Å². The first-order valence-corrected chi connectivity index (χ1v) is 14.8. The highest BCUT2D eigenvalue weighted by Crippen LogP contribution is 2.57. The molecule has 0 aromatic carbocycles. The van der Waals surface area contributed by atoms with Crippen LogP contribution < -0.4 is 17.0 Å². The first-order valence-electron chi connectivity index (χ1n) is 12.0. The van der Waals surface area contributed by atoms with E-state index in [9.17, 15) is 19.9 Å². The minimum absolute atomic E-state index is 0.0317. The van der Waals surface area contributed by atoms with Gasteiger partial charge in [0.2, 0.25) is 5.95 Å². The number of nitrogens with one attached hydrogen (secondary N) is 1. The summed E-state index contributed by atoms with van der Waals surface area (Å²) in [6.07, 6.45) is 1.05. The van der Waals surface area contributed by atoms with Crippen LogP contribution in [-0.4, -0.2) is 86.3 Å². The molecular formula is C21H26N9O7PS. The Labute approximate surface area is 224 Å². The average Bonchev–Trinajstić information content (AvgIpc) is 3.67. The zero-order valence-corrected chi connectivity index (χ0v) is 22.0. The van der Waals surface area contributed by atoms with Crippen molar-refractivity contribution in [2.75, 3.05) is 24.7 Å². The average molecular weight is 580 g/mol. The van der Waals surface area contributed by atoms with Crippen LogP contribution in [-0.2, 0) is 25.8 Å². The number of fused-ring (bicyclic) bond motifs is 2. The molecule has 4 aromatic rings. The molecule has 0 radical (unpaired) electrons. The molecule has 2 aliphatic rings. The van der Waals surface area contributed by atoms with Gasteiger partial charge in [0, 0.05) is 12.6 Å². The maximum Gasteiger partial charge on any atom is 0.280 e. The fourth-order valence-corrected chi connectivity index (χ4v) is 7.40. The molecule has 0 saturated carbocycles. The van der Waals surface area contributed by atoms with E-state index in [4.69, 9.17) is 37.3 Å². The summed E-state index contributed by atoms with van der Waals surface area (Å²) in [4.78, 5) is 42.5. The summed E-state index contributed by atoms with van der Waals surface area (Å²) in [7, 11) is 0. The van der Waals surface area contributed by atoms with Gasteiger partial charge in [-0.05, 0) is 24.3 Å². The van der Waals surface area contributed by atoms with E-state index in [1.165, 1.54) is 17.2 Å². The van der Waals surface area contributed by atoms with Gasteiger partial charge in [-0.3, -0.25) is 14.3 Å². The lowest BCUT2D eigenvalue weighted by Crippen LogP contribution is -2.28. The molecule has 2 saturated heterocycles. The van der Waals surface area contributed by atoms with Crippen molar-refractivity contribution in [1.29, 1.82) is 0 Å². The lowest BCUT2D eigenvalue weighted by atomic mass is 10.2. The third-order valence-corrected chi connectivity index (χ3v) is 9.94. The van der Waals surface area contributed by atoms with Crippen LogP contribution in [0.25, 0.3) is 22.2 Å². The number of ether oxygens (including phenoxy) is 2. The highest BCUT2D eigenvalue weighted by molar-refractivity contribution is 8.09. The number of nitrogen functional groups attached to an aromatic ring is 2. The standard InChI is InChI=1S/C21H26N9O7PS/c22-16-10-1-2-29(17(10)25-7-24-16)14-4-11(32)12(37-14)6-35-38(34,39)13-3-9(5-31)36-20(13)30-8-26-15-18(30)27-21(23)28-19(15)33/h1-2,7-9,11-14,20,31-32H,3-6H2,(H,34,39)(H2,22,24,25)(H3,23,27,28,33)/t9-,11-,12?,13+,14+,20+,38?/m0/s1. The molecule has 6 heterocycles. The molecule has 7 atom stereocenters. The zero-order chi connectivity index (χ0) is 27.5. The molecule has 208 valence electrons. The normalized spacial score (nSPS) is 28.9. The molecule has 0 bridgehead atoms. The van der Waals surface area contributed by atoms with Gasteiger partial charge >= 0.3 is 0 Å². The Morgan fingerprint density at radius 2 is 2.03 bits per heavy atom. The third-order valence-electron chi connectivity index (χ3n) is 6.99. The van der Waals surface area contributed by atoms with E-state index >= 15 is 0 Å². The largest absolute Gasteiger partial charge is 0.394 e. The van der Waals surface area contributed by atoms with Crippen LogP contribution in [0.2, 0.25) is 0 Å². The zero-order valence-electron chi connectivity index (χ0n) is 20.3. The number of H-pyrrole nitrogens is 1. The molecule has 2 unspecified atom stereocenters. The number of hydrogen-bond acceptors (Lipinski definition) is 13. The van der Waals surface area contributed by atoms with Crippen LogP contribution in [0.5, 0.6) is 0 Å². The number of aromatic amines is 1. The summed E-state index contributed by atoms with van der Waals surface area (Å²) in [5, 5.41) is 21.1. The first kappa shape index (κ1) is 26.2. The van der Waals surface area contributed by atoms with E-state index < -0.39 is 48.5 Å². The van der Waals surface area contributed by atoms with Crippen molar-refractivity contribution in [3.63, 3.8) is 0 Å². The van der Waals surface area contributed by atoms with Crippen molar-refractivity contribution in [3.05, 3.63) is 35.3 Å². The Balaban J connectivity index is 1.20.